The molecule has 11 unspecified atom stereocenters. The molecule has 7 rings (SSSR count). The van der Waals surface area contributed by atoms with E-state index in [1.807, 2.05) is 4.90 Å². The molecule has 2 bridgehead atoms. The molecule has 248 valence electrons. The Kier molecular flexibility index (Phi) is 8.89. The molecule has 7 aliphatic rings. The van der Waals surface area contributed by atoms with Crippen molar-refractivity contribution in [1.82, 2.24) is 41.1 Å². The minimum Gasteiger partial charge on any atom is -0.340 e. The smallest absolute Gasteiger partial charge is 0.320 e. The Balaban J connectivity index is 1.27. The van der Waals surface area contributed by atoms with E-state index in [1.54, 1.807) is 6.92 Å². The van der Waals surface area contributed by atoms with Gasteiger partial charge in [-0.2, -0.15) is 0 Å². The van der Waals surface area contributed by atoms with E-state index in [0.717, 1.165) is 58.2 Å². The molecule has 0 radical (unpaired) electrons. The van der Waals surface area contributed by atoms with Crippen LogP contribution >= 0.6 is 0 Å². The van der Waals surface area contributed by atoms with Crippen molar-refractivity contribution in [3.63, 3.8) is 0 Å². The number of alkyl halides is 1. The third-order valence-corrected chi connectivity index (χ3v) is 12.8. The van der Waals surface area contributed by atoms with Crippen LogP contribution in [-0.2, 0) is 4.79 Å². The van der Waals surface area contributed by atoms with Gasteiger partial charge in [0.25, 0.3) is 0 Å². The van der Waals surface area contributed by atoms with Crippen LogP contribution < -0.4 is 21.4 Å². The van der Waals surface area contributed by atoms with E-state index in [2.05, 4.69) is 57.0 Å². The number of carbonyl (C=O) groups excluding carboxylic acids is 2. The summed E-state index contributed by atoms with van der Waals surface area (Å²) in [6.45, 7) is 13.3. The van der Waals surface area contributed by atoms with Crippen LogP contribution in [-0.4, -0.2) is 120 Å². The highest BCUT2D eigenvalue weighted by molar-refractivity contribution is 5.77. The first-order chi connectivity index (χ1) is 21.2. The number of hydrogen-bond acceptors (Lipinski definition) is 7. The highest BCUT2D eigenvalue weighted by atomic mass is 19.1. The average Bonchev–Trinajstić information content (AvgIpc) is 3.42. The van der Waals surface area contributed by atoms with Crippen molar-refractivity contribution in [2.45, 2.75) is 128 Å². The normalized spacial score (nSPS) is 45.5. The first kappa shape index (κ1) is 31.1. The van der Waals surface area contributed by atoms with Crippen molar-refractivity contribution in [2.75, 3.05) is 39.3 Å². The lowest BCUT2D eigenvalue weighted by atomic mass is 9.70. The third kappa shape index (κ3) is 5.46. The van der Waals surface area contributed by atoms with E-state index in [0.29, 0.717) is 49.9 Å². The van der Waals surface area contributed by atoms with Gasteiger partial charge in [-0.15, -0.1) is 0 Å². The van der Waals surface area contributed by atoms with Crippen LogP contribution in [0.2, 0.25) is 0 Å². The van der Waals surface area contributed by atoms with Crippen LogP contribution in [0.25, 0.3) is 0 Å². The maximum atomic E-state index is 16.8. The number of piperazine rings is 1. The Labute approximate surface area is 263 Å². The molecule has 0 aromatic carbocycles. The Morgan fingerprint density at radius 2 is 1.77 bits per heavy atom. The van der Waals surface area contributed by atoms with Gasteiger partial charge in [0.15, 0.2) is 0 Å². The van der Waals surface area contributed by atoms with E-state index in [1.165, 1.54) is 6.42 Å². The molecule has 3 amide bonds. The number of hydrazine groups is 1. The van der Waals surface area contributed by atoms with E-state index >= 15 is 4.39 Å². The number of amides is 3. The molecule has 10 nitrogen and oxygen atoms in total. The molecular formula is C33H57FN8O2. The molecule has 44 heavy (non-hydrogen) atoms. The first-order valence-corrected chi connectivity index (χ1v) is 18.0. The van der Waals surface area contributed by atoms with E-state index in [4.69, 9.17) is 0 Å². The van der Waals surface area contributed by atoms with Gasteiger partial charge in [0, 0.05) is 69.7 Å². The fourth-order valence-corrected chi connectivity index (χ4v) is 10.7. The number of fused-ring (bicyclic) bond motifs is 4. The van der Waals surface area contributed by atoms with Gasteiger partial charge in [-0.3, -0.25) is 20.4 Å². The second-order valence-corrected chi connectivity index (χ2v) is 15.6. The van der Waals surface area contributed by atoms with E-state index in [-0.39, 0.29) is 60.3 Å². The van der Waals surface area contributed by atoms with Crippen LogP contribution in [0.5, 0.6) is 0 Å². The van der Waals surface area contributed by atoms with Crippen molar-refractivity contribution in [3.05, 3.63) is 0 Å². The number of carbonyl (C=O) groups is 2. The van der Waals surface area contributed by atoms with Crippen LogP contribution in [0, 0.1) is 29.6 Å². The SMILES string of the molecule is CC(=O)N1CCN(C2NC(=O)N3C4NC(C(F)CC42)C2CCCC4CNN(CCCCC5CCNC(C(C)C)C53)C42)[C@@H](C)C1. The largest absolute Gasteiger partial charge is 0.340 e. The molecule has 0 aromatic rings. The topological polar surface area (TPSA) is 95.2 Å². The number of piperidine rings is 2. The van der Waals surface area contributed by atoms with Crippen molar-refractivity contribution in [1.29, 1.82) is 0 Å². The maximum Gasteiger partial charge on any atom is 0.320 e. The summed E-state index contributed by atoms with van der Waals surface area (Å²) in [5, 5.41) is 13.7. The lowest BCUT2D eigenvalue weighted by Crippen LogP contribution is -2.80. The fourth-order valence-electron chi connectivity index (χ4n) is 10.7. The highest BCUT2D eigenvalue weighted by Gasteiger charge is 2.57. The molecule has 11 heteroatoms. The van der Waals surface area contributed by atoms with Gasteiger partial charge in [0.2, 0.25) is 5.91 Å². The summed E-state index contributed by atoms with van der Waals surface area (Å²) in [4.78, 5) is 33.2. The Bertz CT molecular complexity index is 1060. The number of halogens is 1. The van der Waals surface area contributed by atoms with Gasteiger partial charge < -0.3 is 20.4 Å². The zero-order chi connectivity index (χ0) is 30.7. The van der Waals surface area contributed by atoms with Gasteiger partial charge in [-0.25, -0.2) is 14.2 Å². The summed E-state index contributed by atoms with van der Waals surface area (Å²) in [6.07, 6.45) is 6.86. The number of urea groups is 1. The molecule has 6 aliphatic heterocycles. The number of nitrogens with zero attached hydrogens (tertiary/aromatic N) is 4. The van der Waals surface area contributed by atoms with E-state index < -0.39 is 6.17 Å². The van der Waals surface area contributed by atoms with Gasteiger partial charge in [0.05, 0.1) is 18.4 Å². The molecule has 1 saturated carbocycles. The number of rotatable bonds is 2. The summed E-state index contributed by atoms with van der Waals surface area (Å²) in [5.41, 5.74) is 3.74. The lowest BCUT2D eigenvalue weighted by Gasteiger charge is -2.60. The monoisotopic (exact) mass is 616 g/mol. The molecular weight excluding hydrogens is 559 g/mol. The third-order valence-electron chi connectivity index (χ3n) is 12.8. The quantitative estimate of drug-likeness (QED) is 0.379. The van der Waals surface area contributed by atoms with Gasteiger partial charge in [-0.05, 0) is 75.7 Å². The van der Waals surface area contributed by atoms with Crippen LogP contribution in [0.3, 0.4) is 0 Å². The minimum absolute atomic E-state index is 0.00842. The summed E-state index contributed by atoms with van der Waals surface area (Å²) >= 11 is 0. The van der Waals surface area contributed by atoms with Crippen molar-refractivity contribution >= 4 is 11.9 Å². The predicted octanol–water partition coefficient (Wildman–Crippen LogP) is 2.32. The molecule has 4 N–H and O–H groups in total. The molecule has 7 fully saturated rings. The van der Waals surface area contributed by atoms with Crippen molar-refractivity contribution in [2.24, 2.45) is 29.6 Å². The summed E-state index contributed by atoms with van der Waals surface area (Å²) in [5.74, 6) is 1.60. The van der Waals surface area contributed by atoms with Crippen LogP contribution in [0.1, 0.15) is 79.1 Å². The second kappa shape index (κ2) is 12.6. The highest BCUT2D eigenvalue weighted by Crippen LogP contribution is 2.45. The Morgan fingerprint density at radius 3 is 2.55 bits per heavy atom. The van der Waals surface area contributed by atoms with Crippen LogP contribution in [0.15, 0.2) is 0 Å². The Hall–Kier alpha value is -1.53. The fraction of sp³-hybridized carbons (Fsp3) is 0.939. The molecule has 1 aliphatic carbocycles. The van der Waals surface area contributed by atoms with Crippen LogP contribution in [0.4, 0.5) is 9.18 Å². The van der Waals surface area contributed by atoms with Gasteiger partial charge >= 0.3 is 6.03 Å². The predicted molar refractivity (Wildman–Crippen MR) is 168 cm³/mol. The molecule has 6 saturated heterocycles. The lowest BCUT2D eigenvalue weighted by molar-refractivity contribution is -0.135. The maximum absolute atomic E-state index is 16.8. The van der Waals surface area contributed by atoms with E-state index in [9.17, 15) is 9.59 Å². The average molecular weight is 617 g/mol. The standard InChI is InChI=1S/C33H57FN8O2/c1-19(2)27-30-22(11-12-35-27)8-5-6-13-41-29-23(17-36-41)9-7-10-24(29)28-26(34)16-25-31(38-33(44)42(30)32(25)37-28)40-15-14-39(21(4)43)18-20(40)3/h19-20,22-32,35-37H,5-18H2,1-4H3,(H,38,44)/t20-,22?,23?,24?,25?,26?,27?,28?,29?,30?,31?,32?/m0/s1. The van der Waals surface area contributed by atoms with Crippen molar-refractivity contribution < 1.29 is 14.0 Å². The molecule has 12 atom stereocenters. The molecule has 6 heterocycles. The van der Waals surface area contributed by atoms with Gasteiger partial charge in [-0.1, -0.05) is 26.7 Å². The molecule has 0 spiro atoms. The summed E-state index contributed by atoms with van der Waals surface area (Å²) in [7, 11) is 0. The minimum atomic E-state index is -0.970. The number of nitrogens with one attached hydrogen (secondary N) is 4. The Morgan fingerprint density at radius 1 is 0.955 bits per heavy atom. The second-order valence-electron chi connectivity index (χ2n) is 15.6. The summed E-state index contributed by atoms with van der Waals surface area (Å²) < 4.78 is 16.8. The summed E-state index contributed by atoms with van der Waals surface area (Å²) in [6, 6.07) is 0.426. The molecule has 0 aromatic heterocycles. The zero-order valence-corrected chi connectivity index (χ0v) is 27.4. The zero-order valence-electron chi connectivity index (χ0n) is 27.4. The first-order valence-electron chi connectivity index (χ1n) is 18.0. The number of hydrogen-bond donors (Lipinski definition) is 4. The van der Waals surface area contributed by atoms with Gasteiger partial charge in [0.1, 0.15) is 6.17 Å². The van der Waals surface area contributed by atoms with Crippen molar-refractivity contribution in [3.8, 4) is 0 Å².